The van der Waals surface area contributed by atoms with Gasteiger partial charge in [-0.15, -0.1) is 0 Å². The van der Waals surface area contributed by atoms with Crippen molar-refractivity contribution in [3.05, 3.63) is 70.3 Å². The van der Waals surface area contributed by atoms with E-state index in [1.807, 2.05) is 53.4 Å². The van der Waals surface area contributed by atoms with Crippen LogP contribution in [0.3, 0.4) is 0 Å². The number of hydrogen-bond acceptors (Lipinski definition) is 5. The third-order valence-corrected chi connectivity index (χ3v) is 7.98. The Kier molecular flexibility index (Phi) is 5.74. The van der Waals surface area contributed by atoms with Gasteiger partial charge in [0, 0.05) is 36.4 Å². The highest BCUT2D eigenvalue weighted by Gasteiger charge is 2.33. The molecule has 1 aliphatic carbocycles. The number of benzene rings is 2. The lowest BCUT2D eigenvalue weighted by Gasteiger charge is -2.32. The minimum Gasteiger partial charge on any atom is -0.339 e. The molecule has 0 bridgehead atoms. The molecular formula is C25H26N6OS2. The molecule has 0 spiro atoms. The summed E-state index contributed by atoms with van der Waals surface area (Å²) in [5, 5.41) is 8.40. The zero-order chi connectivity index (χ0) is 23.1. The Labute approximate surface area is 207 Å². The molecule has 1 saturated carbocycles. The van der Waals surface area contributed by atoms with E-state index in [1.54, 1.807) is 11.8 Å². The van der Waals surface area contributed by atoms with E-state index in [4.69, 9.17) is 12.2 Å². The van der Waals surface area contributed by atoms with Gasteiger partial charge >= 0.3 is 0 Å². The first kappa shape index (κ1) is 21.6. The van der Waals surface area contributed by atoms with Crippen LogP contribution in [0.5, 0.6) is 0 Å². The average Bonchev–Trinajstić information content (AvgIpc) is 3.50. The summed E-state index contributed by atoms with van der Waals surface area (Å²) in [6.07, 6.45) is 4.18. The van der Waals surface area contributed by atoms with Crippen LogP contribution in [-0.2, 0) is 5.75 Å². The molecule has 1 saturated heterocycles. The van der Waals surface area contributed by atoms with Crippen LogP contribution < -0.4 is 0 Å². The van der Waals surface area contributed by atoms with Crippen molar-refractivity contribution in [3.63, 3.8) is 0 Å². The largest absolute Gasteiger partial charge is 0.339 e. The van der Waals surface area contributed by atoms with Crippen molar-refractivity contribution in [1.29, 1.82) is 0 Å². The van der Waals surface area contributed by atoms with Gasteiger partial charge in [0.25, 0.3) is 5.91 Å². The molecule has 0 unspecified atom stereocenters. The molecule has 6 rings (SSSR count). The third-order valence-electron chi connectivity index (χ3n) is 6.77. The number of aromatic nitrogens is 5. The van der Waals surface area contributed by atoms with Crippen molar-refractivity contribution in [2.75, 3.05) is 13.1 Å². The summed E-state index contributed by atoms with van der Waals surface area (Å²) in [5.74, 6) is 2.22. The molecule has 0 atom stereocenters. The maximum absolute atomic E-state index is 13.5. The van der Waals surface area contributed by atoms with E-state index >= 15 is 0 Å². The van der Waals surface area contributed by atoms with Gasteiger partial charge in [-0.1, -0.05) is 42.1 Å². The number of rotatable bonds is 6. The van der Waals surface area contributed by atoms with Gasteiger partial charge in [0.15, 0.2) is 9.93 Å². The van der Waals surface area contributed by atoms with Crippen LogP contribution in [0.4, 0.5) is 0 Å². The number of hydrogen-bond donors (Lipinski definition) is 2. The van der Waals surface area contributed by atoms with E-state index < -0.39 is 0 Å². The monoisotopic (exact) mass is 490 g/mol. The molecule has 7 nitrogen and oxygen atoms in total. The number of piperidine rings is 1. The molecule has 3 heterocycles. The SMILES string of the molecule is O=C(c1ccccc1CSc1nc2ccccc2[nH]1)N1CCC(c2n[nH]c(=S)n2C2CC2)CC1. The highest BCUT2D eigenvalue weighted by molar-refractivity contribution is 7.98. The van der Waals surface area contributed by atoms with Crippen molar-refractivity contribution < 1.29 is 4.79 Å². The number of carbonyl (C=O) groups is 1. The Morgan fingerprint density at radius 2 is 1.82 bits per heavy atom. The highest BCUT2D eigenvalue weighted by Crippen LogP contribution is 2.39. The second-order valence-electron chi connectivity index (χ2n) is 9.06. The molecule has 2 fully saturated rings. The summed E-state index contributed by atoms with van der Waals surface area (Å²) in [6.45, 7) is 1.47. The van der Waals surface area contributed by atoms with Gasteiger partial charge in [0.1, 0.15) is 5.82 Å². The summed E-state index contributed by atoms with van der Waals surface area (Å²) >= 11 is 7.08. The predicted molar refractivity (Wildman–Crippen MR) is 136 cm³/mol. The molecule has 174 valence electrons. The van der Waals surface area contributed by atoms with Gasteiger partial charge in [-0.3, -0.25) is 9.89 Å². The normalized spacial score (nSPS) is 16.9. The lowest BCUT2D eigenvalue weighted by atomic mass is 9.95. The molecule has 2 aliphatic rings. The average molecular weight is 491 g/mol. The predicted octanol–water partition coefficient (Wildman–Crippen LogP) is 5.46. The first-order valence-corrected chi connectivity index (χ1v) is 13.2. The first-order valence-electron chi connectivity index (χ1n) is 11.8. The Bertz CT molecular complexity index is 1360. The van der Waals surface area contributed by atoms with Gasteiger partial charge < -0.3 is 14.5 Å². The number of aromatic amines is 2. The molecule has 34 heavy (non-hydrogen) atoms. The van der Waals surface area contributed by atoms with Crippen LogP contribution in [0.15, 0.2) is 53.7 Å². The van der Waals surface area contributed by atoms with Crippen molar-refractivity contribution in [3.8, 4) is 0 Å². The standard InChI is InChI=1S/C25H26N6OS2/c32-23(30-13-11-16(12-14-30)22-28-29-25(33)31(22)18-9-10-18)19-6-2-1-5-17(19)15-34-24-26-20-7-3-4-8-21(20)27-24/h1-8,16,18H,9-15H2,(H,26,27)(H,29,33). The number of amides is 1. The summed E-state index contributed by atoms with van der Waals surface area (Å²) in [5.41, 5.74) is 3.81. The van der Waals surface area contributed by atoms with E-state index in [9.17, 15) is 4.79 Å². The Morgan fingerprint density at radius 3 is 2.62 bits per heavy atom. The second kappa shape index (κ2) is 9.03. The number of nitrogens with zero attached hydrogens (tertiary/aromatic N) is 4. The minimum absolute atomic E-state index is 0.111. The number of nitrogens with one attached hydrogen (secondary N) is 2. The van der Waals surface area contributed by atoms with Crippen molar-refractivity contribution in [2.45, 2.75) is 48.6 Å². The van der Waals surface area contributed by atoms with Crippen molar-refractivity contribution in [2.24, 2.45) is 0 Å². The number of fused-ring (bicyclic) bond motifs is 1. The van der Waals surface area contributed by atoms with Crippen LogP contribution in [0.2, 0.25) is 0 Å². The molecule has 2 aromatic heterocycles. The van der Waals surface area contributed by atoms with Crippen LogP contribution in [0, 0.1) is 4.77 Å². The summed E-state index contributed by atoms with van der Waals surface area (Å²) in [6, 6.07) is 16.5. The van der Waals surface area contributed by atoms with Crippen LogP contribution >= 0.6 is 24.0 Å². The lowest BCUT2D eigenvalue weighted by molar-refractivity contribution is 0.0709. The molecule has 9 heteroatoms. The minimum atomic E-state index is 0.111. The van der Waals surface area contributed by atoms with E-state index in [-0.39, 0.29) is 5.91 Å². The number of H-pyrrole nitrogens is 2. The van der Waals surface area contributed by atoms with Crippen LogP contribution in [0.25, 0.3) is 11.0 Å². The summed E-state index contributed by atoms with van der Waals surface area (Å²) in [7, 11) is 0. The van der Waals surface area contributed by atoms with E-state index in [0.29, 0.717) is 17.7 Å². The zero-order valence-electron chi connectivity index (χ0n) is 18.7. The Balaban J connectivity index is 1.13. The number of para-hydroxylation sites is 2. The van der Waals surface area contributed by atoms with Crippen LogP contribution in [-0.4, -0.2) is 48.6 Å². The molecular weight excluding hydrogens is 464 g/mol. The van der Waals surface area contributed by atoms with Crippen LogP contribution in [0.1, 0.15) is 59.4 Å². The van der Waals surface area contributed by atoms with Gasteiger partial charge in [0.2, 0.25) is 0 Å². The van der Waals surface area contributed by atoms with Crippen molar-refractivity contribution in [1.82, 2.24) is 29.6 Å². The summed E-state index contributed by atoms with van der Waals surface area (Å²) < 4.78 is 2.94. The maximum atomic E-state index is 13.5. The fourth-order valence-corrected chi connectivity index (χ4v) is 5.98. The second-order valence-corrected chi connectivity index (χ2v) is 10.4. The zero-order valence-corrected chi connectivity index (χ0v) is 20.4. The fourth-order valence-electron chi connectivity index (χ4n) is 4.80. The number of carbonyl (C=O) groups excluding carboxylic acids is 1. The lowest BCUT2D eigenvalue weighted by Crippen LogP contribution is -2.38. The van der Waals surface area contributed by atoms with Gasteiger partial charge in [-0.05, 0) is 61.7 Å². The quantitative estimate of drug-likeness (QED) is 0.277. The van der Waals surface area contributed by atoms with E-state index in [0.717, 1.165) is 63.8 Å². The van der Waals surface area contributed by atoms with E-state index in [2.05, 4.69) is 24.7 Å². The number of imidazole rings is 1. The van der Waals surface area contributed by atoms with Gasteiger partial charge in [-0.25, -0.2) is 4.98 Å². The number of thioether (sulfide) groups is 1. The Morgan fingerprint density at radius 1 is 1.06 bits per heavy atom. The Hall–Kier alpha value is -2.91. The van der Waals surface area contributed by atoms with Gasteiger partial charge in [-0.2, -0.15) is 5.10 Å². The highest BCUT2D eigenvalue weighted by atomic mass is 32.2. The summed E-state index contributed by atoms with van der Waals surface area (Å²) in [4.78, 5) is 23.4. The smallest absolute Gasteiger partial charge is 0.254 e. The molecule has 4 aromatic rings. The molecule has 0 radical (unpaired) electrons. The number of likely N-dealkylation sites (tertiary alicyclic amines) is 1. The molecule has 2 aromatic carbocycles. The van der Waals surface area contributed by atoms with E-state index in [1.165, 1.54) is 12.8 Å². The fraction of sp³-hybridized carbons (Fsp3) is 0.360. The topological polar surface area (TPSA) is 82.6 Å². The first-order chi connectivity index (χ1) is 16.7. The van der Waals surface area contributed by atoms with Gasteiger partial charge in [0.05, 0.1) is 11.0 Å². The molecule has 2 N–H and O–H groups in total. The molecule has 1 aliphatic heterocycles. The maximum Gasteiger partial charge on any atom is 0.254 e. The molecule has 1 amide bonds. The third kappa shape index (κ3) is 4.18. The van der Waals surface area contributed by atoms with Crippen molar-refractivity contribution >= 4 is 40.9 Å².